The summed E-state index contributed by atoms with van der Waals surface area (Å²) in [5, 5.41) is 0. The Morgan fingerprint density at radius 3 is 2.67 bits per heavy atom. The van der Waals surface area contributed by atoms with Crippen LogP contribution in [0.3, 0.4) is 0 Å². The van der Waals surface area contributed by atoms with Crippen molar-refractivity contribution in [3.63, 3.8) is 0 Å². The van der Waals surface area contributed by atoms with Gasteiger partial charge in [0.05, 0.1) is 6.61 Å². The molecule has 4 heteroatoms. The first-order chi connectivity index (χ1) is 5.57. The van der Waals surface area contributed by atoms with E-state index in [9.17, 15) is 4.79 Å². The Kier molecular flexibility index (Phi) is 5.66. The molecule has 0 fully saturated rings. The van der Waals surface area contributed by atoms with Crippen LogP contribution in [-0.2, 0) is 9.53 Å². The van der Waals surface area contributed by atoms with Gasteiger partial charge >= 0.3 is 0 Å². The molecule has 0 aromatic rings. The van der Waals surface area contributed by atoms with Crippen molar-refractivity contribution < 1.29 is 9.53 Å². The largest absolute Gasteiger partial charge is 0.383 e. The number of methoxy groups -OCH3 is 1. The molecule has 0 aliphatic heterocycles. The van der Waals surface area contributed by atoms with Crippen LogP contribution in [0.2, 0.25) is 0 Å². The maximum atomic E-state index is 11.2. The molecule has 0 radical (unpaired) electrons. The van der Waals surface area contributed by atoms with E-state index < -0.39 is 0 Å². The Hall–Kier alpha value is -0.610. The van der Waals surface area contributed by atoms with Crippen molar-refractivity contribution in [1.29, 1.82) is 0 Å². The first-order valence-corrected chi connectivity index (χ1v) is 4.06. The van der Waals surface area contributed by atoms with Crippen LogP contribution in [0.4, 0.5) is 0 Å². The zero-order valence-electron chi connectivity index (χ0n) is 8.04. The standard InChI is InChI=1S/C8H18N2O2/c1-7(9)6-8(11)10(2)4-5-12-3/h7H,4-6,9H2,1-3H3. The van der Waals surface area contributed by atoms with Crippen LogP contribution in [0.15, 0.2) is 0 Å². The van der Waals surface area contributed by atoms with Crippen molar-refractivity contribution in [1.82, 2.24) is 4.90 Å². The molecule has 1 atom stereocenters. The van der Waals surface area contributed by atoms with E-state index in [4.69, 9.17) is 10.5 Å². The lowest BCUT2D eigenvalue weighted by Gasteiger charge is -2.17. The van der Waals surface area contributed by atoms with E-state index in [0.717, 1.165) is 0 Å². The predicted molar refractivity (Wildman–Crippen MR) is 47.8 cm³/mol. The normalized spacial score (nSPS) is 12.7. The van der Waals surface area contributed by atoms with Crippen molar-refractivity contribution >= 4 is 5.91 Å². The summed E-state index contributed by atoms with van der Waals surface area (Å²) >= 11 is 0. The predicted octanol–water partition coefficient (Wildman–Crippen LogP) is -0.171. The molecule has 0 bridgehead atoms. The third-order valence-corrected chi connectivity index (χ3v) is 1.55. The first-order valence-electron chi connectivity index (χ1n) is 4.06. The molecule has 0 saturated carbocycles. The van der Waals surface area contributed by atoms with Gasteiger partial charge in [0.25, 0.3) is 0 Å². The molecular weight excluding hydrogens is 156 g/mol. The second kappa shape index (κ2) is 5.97. The molecule has 0 rings (SSSR count). The fourth-order valence-electron chi connectivity index (χ4n) is 0.784. The summed E-state index contributed by atoms with van der Waals surface area (Å²) in [5.74, 6) is 0.0713. The molecule has 0 spiro atoms. The number of nitrogens with zero attached hydrogens (tertiary/aromatic N) is 1. The van der Waals surface area contributed by atoms with Gasteiger partial charge in [-0.15, -0.1) is 0 Å². The van der Waals surface area contributed by atoms with Crippen molar-refractivity contribution in [2.24, 2.45) is 5.73 Å². The highest BCUT2D eigenvalue weighted by Crippen LogP contribution is 1.93. The Balaban J connectivity index is 3.61. The van der Waals surface area contributed by atoms with E-state index >= 15 is 0 Å². The SMILES string of the molecule is COCCN(C)C(=O)CC(C)N. The van der Waals surface area contributed by atoms with Gasteiger partial charge in [-0.25, -0.2) is 0 Å². The Labute approximate surface area is 73.7 Å². The smallest absolute Gasteiger partial charge is 0.223 e. The van der Waals surface area contributed by atoms with Gasteiger partial charge in [-0.05, 0) is 6.92 Å². The van der Waals surface area contributed by atoms with E-state index in [1.807, 2.05) is 6.92 Å². The van der Waals surface area contributed by atoms with E-state index in [0.29, 0.717) is 19.6 Å². The number of carbonyl (C=O) groups is 1. The number of ether oxygens (including phenoxy) is 1. The third-order valence-electron chi connectivity index (χ3n) is 1.55. The van der Waals surface area contributed by atoms with Crippen LogP contribution in [0.1, 0.15) is 13.3 Å². The van der Waals surface area contributed by atoms with Gasteiger partial charge in [0.2, 0.25) is 5.91 Å². The van der Waals surface area contributed by atoms with Gasteiger partial charge in [0, 0.05) is 33.2 Å². The summed E-state index contributed by atoms with van der Waals surface area (Å²) in [4.78, 5) is 12.9. The maximum absolute atomic E-state index is 11.2. The lowest BCUT2D eigenvalue weighted by Crippen LogP contribution is -2.33. The summed E-state index contributed by atoms with van der Waals surface area (Å²) in [6, 6.07) is -0.0671. The highest BCUT2D eigenvalue weighted by Gasteiger charge is 2.09. The molecule has 2 N–H and O–H groups in total. The van der Waals surface area contributed by atoms with Crippen LogP contribution in [0.25, 0.3) is 0 Å². The van der Waals surface area contributed by atoms with Gasteiger partial charge in [0.15, 0.2) is 0 Å². The van der Waals surface area contributed by atoms with Crippen LogP contribution in [-0.4, -0.2) is 44.2 Å². The lowest BCUT2D eigenvalue weighted by atomic mass is 10.2. The number of nitrogens with two attached hydrogens (primary N) is 1. The van der Waals surface area contributed by atoms with Crippen molar-refractivity contribution in [3.05, 3.63) is 0 Å². The van der Waals surface area contributed by atoms with Crippen LogP contribution in [0, 0.1) is 0 Å². The minimum Gasteiger partial charge on any atom is -0.383 e. The number of hydrogen-bond acceptors (Lipinski definition) is 3. The molecule has 4 nitrogen and oxygen atoms in total. The van der Waals surface area contributed by atoms with Gasteiger partial charge < -0.3 is 15.4 Å². The number of likely N-dealkylation sites (N-methyl/N-ethyl adjacent to an activating group) is 1. The second-order valence-electron chi connectivity index (χ2n) is 2.99. The van der Waals surface area contributed by atoms with Gasteiger partial charge in [-0.1, -0.05) is 0 Å². The summed E-state index contributed by atoms with van der Waals surface area (Å²) in [5.41, 5.74) is 5.48. The molecule has 0 aromatic heterocycles. The summed E-state index contributed by atoms with van der Waals surface area (Å²) < 4.78 is 4.84. The van der Waals surface area contributed by atoms with E-state index in [1.54, 1.807) is 19.1 Å². The average Bonchev–Trinajstić information content (AvgIpc) is 1.98. The average molecular weight is 174 g/mol. The minimum absolute atomic E-state index is 0.0671. The molecule has 0 heterocycles. The van der Waals surface area contributed by atoms with E-state index in [1.165, 1.54) is 0 Å². The monoisotopic (exact) mass is 174 g/mol. The number of rotatable bonds is 5. The molecule has 0 aromatic carbocycles. The summed E-state index contributed by atoms with van der Waals surface area (Å²) in [7, 11) is 3.37. The number of hydrogen-bond donors (Lipinski definition) is 1. The van der Waals surface area contributed by atoms with Gasteiger partial charge in [-0.3, -0.25) is 4.79 Å². The van der Waals surface area contributed by atoms with E-state index in [-0.39, 0.29) is 11.9 Å². The van der Waals surface area contributed by atoms with Crippen molar-refractivity contribution in [3.8, 4) is 0 Å². The van der Waals surface area contributed by atoms with Crippen LogP contribution >= 0.6 is 0 Å². The van der Waals surface area contributed by atoms with Crippen molar-refractivity contribution in [2.45, 2.75) is 19.4 Å². The highest BCUT2D eigenvalue weighted by atomic mass is 16.5. The zero-order chi connectivity index (χ0) is 9.56. The minimum atomic E-state index is -0.0671. The molecule has 0 saturated heterocycles. The molecule has 0 aliphatic carbocycles. The van der Waals surface area contributed by atoms with Crippen LogP contribution in [0.5, 0.6) is 0 Å². The molecular formula is C8H18N2O2. The maximum Gasteiger partial charge on any atom is 0.223 e. The topological polar surface area (TPSA) is 55.6 Å². The quantitative estimate of drug-likeness (QED) is 0.629. The molecule has 1 unspecified atom stereocenters. The van der Waals surface area contributed by atoms with Gasteiger partial charge in [-0.2, -0.15) is 0 Å². The van der Waals surface area contributed by atoms with Gasteiger partial charge in [0.1, 0.15) is 0 Å². The molecule has 72 valence electrons. The third kappa shape index (κ3) is 5.09. The Bertz CT molecular complexity index is 137. The first kappa shape index (κ1) is 11.4. The molecule has 12 heavy (non-hydrogen) atoms. The molecule has 0 aliphatic rings. The second-order valence-corrected chi connectivity index (χ2v) is 2.99. The van der Waals surface area contributed by atoms with E-state index in [2.05, 4.69) is 0 Å². The molecule has 1 amide bonds. The van der Waals surface area contributed by atoms with Crippen LogP contribution < -0.4 is 5.73 Å². The summed E-state index contributed by atoms with van der Waals surface area (Å²) in [6.07, 6.45) is 0.403. The fraction of sp³-hybridized carbons (Fsp3) is 0.875. The fourth-order valence-corrected chi connectivity index (χ4v) is 0.784. The zero-order valence-corrected chi connectivity index (χ0v) is 8.04. The Morgan fingerprint density at radius 2 is 2.25 bits per heavy atom. The van der Waals surface area contributed by atoms with Crippen molar-refractivity contribution in [2.75, 3.05) is 27.3 Å². The Morgan fingerprint density at radius 1 is 1.67 bits per heavy atom. The lowest BCUT2D eigenvalue weighted by molar-refractivity contribution is -0.130. The number of amides is 1. The number of carbonyl (C=O) groups excluding carboxylic acids is 1. The highest BCUT2D eigenvalue weighted by molar-refractivity contribution is 5.76. The summed E-state index contributed by atoms with van der Waals surface area (Å²) in [6.45, 7) is 3.02.